The molecule has 1 fully saturated rings. The van der Waals surface area contributed by atoms with E-state index in [9.17, 15) is 18.0 Å². The summed E-state index contributed by atoms with van der Waals surface area (Å²) < 4.78 is 31.1. The van der Waals surface area contributed by atoms with E-state index < -0.39 is 21.9 Å². The van der Waals surface area contributed by atoms with Crippen LogP contribution in [0.4, 0.5) is 4.79 Å². The van der Waals surface area contributed by atoms with Gasteiger partial charge in [0.15, 0.2) is 9.84 Å². The van der Waals surface area contributed by atoms with Crippen LogP contribution >= 0.6 is 0 Å². The summed E-state index contributed by atoms with van der Waals surface area (Å²) in [5.74, 6) is -0.505. The van der Waals surface area contributed by atoms with Gasteiger partial charge in [-0.15, -0.1) is 0 Å². The van der Waals surface area contributed by atoms with Gasteiger partial charge in [0.1, 0.15) is 6.04 Å². The van der Waals surface area contributed by atoms with Crippen molar-refractivity contribution in [3.05, 3.63) is 119 Å². The number of hydrogen-bond donors (Lipinski definition) is 2. The molecule has 0 aliphatic carbocycles. The molecule has 4 rings (SSSR count). The van der Waals surface area contributed by atoms with Crippen molar-refractivity contribution in [2.45, 2.75) is 37.1 Å². The fraction of sp³-hybridized carbons (Fsp3) is 0.312. The minimum atomic E-state index is -3.57. The monoisotopic (exact) mass is 575 g/mol. The Morgan fingerprint density at radius 1 is 0.805 bits per heavy atom. The minimum absolute atomic E-state index is 0.129. The summed E-state index contributed by atoms with van der Waals surface area (Å²) in [4.78, 5) is 28.3. The molecule has 3 amide bonds. The molecule has 1 aliphatic rings. The Balaban J connectivity index is 1.50. The molecule has 3 aromatic rings. The van der Waals surface area contributed by atoms with Crippen LogP contribution in [-0.4, -0.2) is 63.6 Å². The third-order valence-corrected chi connectivity index (χ3v) is 8.15. The smallest absolute Gasteiger partial charge is 0.318 e. The van der Waals surface area contributed by atoms with Crippen molar-refractivity contribution >= 4 is 21.8 Å². The van der Waals surface area contributed by atoms with E-state index in [2.05, 4.69) is 10.6 Å². The molecule has 0 saturated carbocycles. The Kier molecular flexibility index (Phi) is 11.1. The third-order valence-electron chi connectivity index (χ3n) is 6.84. The van der Waals surface area contributed by atoms with Crippen LogP contribution in [0.25, 0.3) is 0 Å². The lowest BCUT2D eigenvalue weighted by atomic mass is 10.0. The maximum Gasteiger partial charge on any atom is 0.318 e. The van der Waals surface area contributed by atoms with Gasteiger partial charge < -0.3 is 20.3 Å². The normalized spacial score (nSPS) is 15.3. The number of amides is 3. The fourth-order valence-corrected chi connectivity index (χ4v) is 5.78. The van der Waals surface area contributed by atoms with E-state index in [-0.39, 0.29) is 17.7 Å². The molecule has 0 unspecified atom stereocenters. The summed E-state index contributed by atoms with van der Waals surface area (Å²) in [5, 5.41) is 7.09. The SMILES string of the molecule is O=C(N[C@H](/C=C/S(=O)(=O)Cc1ccccc1)CCc1ccccc1)[C@H](Cc1ccccc1)NC(=O)N1CCOCC1. The quantitative estimate of drug-likeness (QED) is 0.341. The van der Waals surface area contributed by atoms with Crippen molar-refractivity contribution in [3.8, 4) is 0 Å². The summed E-state index contributed by atoms with van der Waals surface area (Å²) >= 11 is 0. The number of urea groups is 1. The summed E-state index contributed by atoms with van der Waals surface area (Å²) in [5.41, 5.74) is 2.67. The predicted molar refractivity (Wildman–Crippen MR) is 160 cm³/mol. The van der Waals surface area contributed by atoms with Crippen molar-refractivity contribution in [1.29, 1.82) is 0 Å². The average Bonchev–Trinajstić information content (AvgIpc) is 3.00. The zero-order valence-corrected chi connectivity index (χ0v) is 23.8. The predicted octanol–water partition coefficient (Wildman–Crippen LogP) is 3.89. The van der Waals surface area contributed by atoms with Crippen molar-refractivity contribution < 1.29 is 22.7 Å². The highest BCUT2D eigenvalue weighted by Crippen LogP contribution is 2.12. The molecule has 0 aromatic heterocycles. The second-order valence-corrected chi connectivity index (χ2v) is 11.9. The highest BCUT2D eigenvalue weighted by atomic mass is 32.2. The molecular weight excluding hydrogens is 538 g/mol. The van der Waals surface area contributed by atoms with E-state index in [0.717, 1.165) is 11.1 Å². The highest BCUT2D eigenvalue weighted by Gasteiger charge is 2.26. The summed E-state index contributed by atoms with van der Waals surface area (Å²) in [6.07, 6.45) is 2.97. The first-order valence-corrected chi connectivity index (χ1v) is 15.6. The van der Waals surface area contributed by atoms with E-state index >= 15 is 0 Å². The molecule has 8 nitrogen and oxygen atoms in total. The summed E-state index contributed by atoms with van der Waals surface area (Å²) in [6.45, 7) is 1.81. The number of rotatable bonds is 12. The van der Waals surface area contributed by atoms with Crippen molar-refractivity contribution in [3.63, 3.8) is 0 Å². The van der Waals surface area contributed by atoms with Gasteiger partial charge in [-0.3, -0.25) is 4.79 Å². The lowest BCUT2D eigenvalue weighted by Crippen LogP contribution is -2.55. The van der Waals surface area contributed by atoms with Gasteiger partial charge in [0, 0.05) is 31.0 Å². The second kappa shape index (κ2) is 15.2. The molecule has 0 bridgehead atoms. The number of ether oxygens (including phenoxy) is 1. The van der Waals surface area contributed by atoms with Gasteiger partial charge in [0.25, 0.3) is 0 Å². The van der Waals surface area contributed by atoms with E-state index in [4.69, 9.17) is 4.74 Å². The van der Waals surface area contributed by atoms with Crippen LogP contribution in [0.3, 0.4) is 0 Å². The van der Waals surface area contributed by atoms with E-state index in [0.29, 0.717) is 51.1 Å². The van der Waals surface area contributed by atoms with Crippen LogP contribution in [0.15, 0.2) is 102 Å². The minimum Gasteiger partial charge on any atom is -0.378 e. The van der Waals surface area contributed by atoms with Crippen LogP contribution in [0.2, 0.25) is 0 Å². The van der Waals surface area contributed by atoms with Gasteiger partial charge in [-0.05, 0) is 29.5 Å². The molecule has 1 heterocycles. The van der Waals surface area contributed by atoms with Gasteiger partial charge in [-0.25, -0.2) is 13.2 Å². The van der Waals surface area contributed by atoms with E-state index in [1.807, 2.05) is 66.7 Å². The molecule has 9 heteroatoms. The Morgan fingerprint density at radius 2 is 1.37 bits per heavy atom. The van der Waals surface area contributed by atoms with Crippen molar-refractivity contribution in [1.82, 2.24) is 15.5 Å². The summed E-state index contributed by atoms with van der Waals surface area (Å²) in [7, 11) is -3.57. The largest absolute Gasteiger partial charge is 0.378 e. The number of carbonyl (C=O) groups excluding carboxylic acids is 2. The standard InChI is InChI=1S/C32H37N3O5S/c36-31(30(24-27-12-6-2-7-13-27)34-32(37)35-19-21-40-22-20-35)33-29(17-16-26-10-4-1-5-11-26)18-23-41(38,39)25-28-14-8-3-9-15-28/h1-15,18,23,29-30H,16-17,19-22,24-25H2,(H,33,36)(H,34,37)/b23-18+/t29-,30-/m0/s1. The first kappa shape index (κ1) is 30.0. The molecule has 216 valence electrons. The number of morpholine rings is 1. The highest BCUT2D eigenvalue weighted by molar-refractivity contribution is 7.93. The zero-order chi connectivity index (χ0) is 28.9. The molecule has 1 saturated heterocycles. The zero-order valence-electron chi connectivity index (χ0n) is 23.0. The number of benzene rings is 3. The van der Waals surface area contributed by atoms with Gasteiger partial charge in [-0.1, -0.05) is 97.1 Å². The summed E-state index contributed by atoms with van der Waals surface area (Å²) in [6, 6.07) is 26.5. The Labute approximate surface area is 242 Å². The number of sulfone groups is 1. The van der Waals surface area contributed by atoms with E-state index in [1.54, 1.807) is 35.2 Å². The average molecular weight is 576 g/mol. The second-order valence-electron chi connectivity index (χ2n) is 10.1. The van der Waals surface area contributed by atoms with Crippen molar-refractivity contribution in [2.75, 3.05) is 26.3 Å². The van der Waals surface area contributed by atoms with Crippen LogP contribution < -0.4 is 10.6 Å². The Bertz CT molecular complexity index is 1380. The molecule has 41 heavy (non-hydrogen) atoms. The maximum absolute atomic E-state index is 13.7. The van der Waals surface area contributed by atoms with E-state index in [1.165, 1.54) is 5.41 Å². The van der Waals surface area contributed by atoms with Gasteiger partial charge in [-0.2, -0.15) is 0 Å². The number of aryl methyl sites for hydroxylation is 1. The molecule has 2 N–H and O–H groups in total. The number of hydrogen-bond acceptors (Lipinski definition) is 5. The fourth-order valence-electron chi connectivity index (χ4n) is 4.60. The maximum atomic E-state index is 13.7. The first-order chi connectivity index (χ1) is 19.9. The number of nitrogens with zero attached hydrogens (tertiary/aromatic N) is 1. The van der Waals surface area contributed by atoms with Crippen molar-refractivity contribution in [2.24, 2.45) is 0 Å². The number of nitrogens with one attached hydrogen (secondary N) is 2. The van der Waals surface area contributed by atoms with Gasteiger partial charge >= 0.3 is 6.03 Å². The van der Waals surface area contributed by atoms with Crippen LogP contribution in [-0.2, 0) is 38.0 Å². The molecule has 2 atom stereocenters. The topological polar surface area (TPSA) is 105 Å². The Morgan fingerprint density at radius 3 is 1.98 bits per heavy atom. The van der Waals surface area contributed by atoms with Gasteiger partial charge in [0.2, 0.25) is 5.91 Å². The van der Waals surface area contributed by atoms with Crippen LogP contribution in [0.5, 0.6) is 0 Å². The van der Waals surface area contributed by atoms with Crippen LogP contribution in [0, 0.1) is 0 Å². The molecular formula is C32H37N3O5S. The molecule has 1 aliphatic heterocycles. The first-order valence-electron chi connectivity index (χ1n) is 13.8. The third kappa shape index (κ3) is 10.2. The Hall–Kier alpha value is -3.95. The van der Waals surface area contributed by atoms with Crippen LogP contribution in [0.1, 0.15) is 23.1 Å². The molecule has 3 aromatic carbocycles. The molecule has 0 radical (unpaired) electrons. The number of carbonyl (C=O) groups is 2. The lowest BCUT2D eigenvalue weighted by Gasteiger charge is -2.29. The van der Waals surface area contributed by atoms with Gasteiger partial charge in [0.05, 0.1) is 19.0 Å². The lowest BCUT2D eigenvalue weighted by molar-refractivity contribution is -0.123. The molecule has 0 spiro atoms.